The maximum Gasteiger partial charge on any atom is 0.0700 e. The first-order valence-electron chi connectivity index (χ1n) is 11.1. The van der Waals surface area contributed by atoms with Crippen LogP contribution in [0.5, 0.6) is 0 Å². The summed E-state index contributed by atoms with van der Waals surface area (Å²) in [5.74, 6) is 0. The molecule has 0 N–H and O–H groups in total. The lowest BCUT2D eigenvalue weighted by molar-refractivity contribution is 0.0448. The van der Waals surface area contributed by atoms with Crippen LogP contribution in [0, 0.1) is 0 Å². The summed E-state index contributed by atoms with van der Waals surface area (Å²) < 4.78 is 11.3. The summed E-state index contributed by atoms with van der Waals surface area (Å²) >= 11 is 12.4. The minimum atomic E-state index is 0.381. The van der Waals surface area contributed by atoms with Gasteiger partial charge in [-0.2, -0.15) is 0 Å². The highest BCUT2D eigenvalue weighted by Crippen LogP contribution is 2.15. The molecule has 0 saturated carbocycles. The molecule has 2 unspecified atom stereocenters. The SMILES string of the molecule is CCCC(Cl)CCCCCCOCCOCCCCCCC(Cl)CCC. The molecule has 0 amide bonds. The number of unbranched alkanes of at least 4 members (excludes halogenated alkanes) is 6. The molecule has 0 aromatic heterocycles. The maximum absolute atomic E-state index is 6.22. The van der Waals surface area contributed by atoms with Crippen LogP contribution < -0.4 is 0 Å². The predicted molar refractivity (Wildman–Crippen MR) is 117 cm³/mol. The first kappa shape index (κ1) is 26.5. The van der Waals surface area contributed by atoms with E-state index in [9.17, 15) is 0 Å². The summed E-state index contributed by atoms with van der Waals surface area (Å²) in [6.07, 6.45) is 16.9. The van der Waals surface area contributed by atoms with E-state index in [0.717, 1.165) is 65.0 Å². The van der Waals surface area contributed by atoms with Gasteiger partial charge < -0.3 is 9.47 Å². The molecule has 0 aliphatic heterocycles. The monoisotopic (exact) mass is 410 g/mol. The molecule has 0 heterocycles. The Hall–Kier alpha value is 0.500. The number of hydrogen-bond acceptors (Lipinski definition) is 2. The van der Waals surface area contributed by atoms with Crippen molar-refractivity contribution in [1.82, 2.24) is 0 Å². The molecule has 26 heavy (non-hydrogen) atoms. The second-order valence-corrected chi connectivity index (χ2v) is 8.64. The van der Waals surface area contributed by atoms with Gasteiger partial charge in [-0.05, 0) is 38.5 Å². The number of hydrogen-bond donors (Lipinski definition) is 0. The Balaban J connectivity index is 3.07. The van der Waals surface area contributed by atoms with Crippen LogP contribution in [0.4, 0.5) is 0 Å². The zero-order valence-corrected chi connectivity index (χ0v) is 19.0. The van der Waals surface area contributed by atoms with E-state index in [1.54, 1.807) is 0 Å². The van der Waals surface area contributed by atoms with Gasteiger partial charge in [-0.15, -0.1) is 23.2 Å². The summed E-state index contributed by atoms with van der Waals surface area (Å²) in [5.41, 5.74) is 0. The van der Waals surface area contributed by atoms with Gasteiger partial charge in [0.1, 0.15) is 0 Å². The third-order valence-electron chi connectivity index (χ3n) is 4.69. The number of alkyl halides is 2. The Morgan fingerprint density at radius 1 is 0.500 bits per heavy atom. The van der Waals surface area contributed by atoms with E-state index < -0.39 is 0 Å². The van der Waals surface area contributed by atoms with Crippen LogP contribution in [0.2, 0.25) is 0 Å². The zero-order valence-electron chi connectivity index (χ0n) is 17.5. The summed E-state index contributed by atoms with van der Waals surface area (Å²) in [6.45, 7) is 7.57. The lowest BCUT2D eigenvalue weighted by Crippen LogP contribution is -2.06. The van der Waals surface area contributed by atoms with E-state index in [1.807, 2.05) is 0 Å². The largest absolute Gasteiger partial charge is 0.379 e. The van der Waals surface area contributed by atoms with Crippen LogP contribution in [-0.4, -0.2) is 37.2 Å². The average molecular weight is 411 g/mol. The minimum absolute atomic E-state index is 0.381. The molecular weight excluding hydrogens is 367 g/mol. The molecule has 158 valence electrons. The standard InChI is InChI=1S/C22H44Cl2O2/c1-3-13-21(23)15-9-5-7-11-17-25-19-20-26-18-12-8-6-10-16-22(24)14-4-2/h21-22H,3-20H2,1-2H3. The second kappa shape index (κ2) is 21.8. The number of rotatable bonds is 21. The maximum atomic E-state index is 6.22. The minimum Gasteiger partial charge on any atom is -0.379 e. The zero-order chi connectivity index (χ0) is 19.3. The molecule has 0 aromatic carbocycles. The van der Waals surface area contributed by atoms with E-state index in [0.29, 0.717) is 10.8 Å². The van der Waals surface area contributed by atoms with Crippen LogP contribution in [0.25, 0.3) is 0 Å². The van der Waals surface area contributed by atoms with E-state index in [1.165, 1.54) is 51.4 Å². The van der Waals surface area contributed by atoms with Crippen molar-refractivity contribution < 1.29 is 9.47 Å². The molecule has 2 nitrogen and oxygen atoms in total. The Kier molecular flexibility index (Phi) is 22.2. The molecule has 0 aromatic rings. The molecule has 2 atom stereocenters. The smallest absolute Gasteiger partial charge is 0.0700 e. The van der Waals surface area contributed by atoms with Gasteiger partial charge in [-0.3, -0.25) is 0 Å². The van der Waals surface area contributed by atoms with Gasteiger partial charge in [0.2, 0.25) is 0 Å². The average Bonchev–Trinajstić information content (AvgIpc) is 2.61. The van der Waals surface area contributed by atoms with Gasteiger partial charge in [-0.1, -0.05) is 65.2 Å². The van der Waals surface area contributed by atoms with Crippen molar-refractivity contribution in [2.24, 2.45) is 0 Å². The van der Waals surface area contributed by atoms with Crippen molar-refractivity contribution in [3.8, 4) is 0 Å². The molecule has 0 saturated heterocycles. The Morgan fingerprint density at radius 2 is 0.885 bits per heavy atom. The van der Waals surface area contributed by atoms with Crippen LogP contribution in [-0.2, 0) is 9.47 Å². The van der Waals surface area contributed by atoms with Crippen molar-refractivity contribution in [2.45, 2.75) is 114 Å². The number of ether oxygens (including phenoxy) is 2. The molecule has 0 spiro atoms. The predicted octanol–water partition coefficient (Wildman–Crippen LogP) is 7.74. The van der Waals surface area contributed by atoms with Crippen molar-refractivity contribution in [3.63, 3.8) is 0 Å². The third-order valence-corrected chi connectivity index (χ3v) is 5.56. The highest BCUT2D eigenvalue weighted by Gasteiger charge is 2.03. The summed E-state index contributed by atoms with van der Waals surface area (Å²) in [5, 5.41) is 0.762. The quantitative estimate of drug-likeness (QED) is 0.142. The van der Waals surface area contributed by atoms with E-state index in [2.05, 4.69) is 13.8 Å². The molecule has 0 fully saturated rings. The van der Waals surface area contributed by atoms with Gasteiger partial charge in [0, 0.05) is 24.0 Å². The Morgan fingerprint density at radius 3 is 1.27 bits per heavy atom. The van der Waals surface area contributed by atoms with Gasteiger partial charge in [0.15, 0.2) is 0 Å². The topological polar surface area (TPSA) is 18.5 Å². The van der Waals surface area contributed by atoms with Gasteiger partial charge in [0.05, 0.1) is 13.2 Å². The van der Waals surface area contributed by atoms with Crippen molar-refractivity contribution in [1.29, 1.82) is 0 Å². The molecule has 4 heteroatoms. The van der Waals surface area contributed by atoms with Gasteiger partial charge in [-0.25, -0.2) is 0 Å². The highest BCUT2D eigenvalue weighted by molar-refractivity contribution is 6.20. The third kappa shape index (κ3) is 20.8. The van der Waals surface area contributed by atoms with Crippen molar-refractivity contribution in [3.05, 3.63) is 0 Å². The second-order valence-electron chi connectivity index (χ2n) is 7.40. The van der Waals surface area contributed by atoms with Gasteiger partial charge in [0.25, 0.3) is 0 Å². The summed E-state index contributed by atoms with van der Waals surface area (Å²) in [6, 6.07) is 0. The molecular formula is C22H44Cl2O2. The first-order chi connectivity index (χ1) is 12.7. The molecule has 0 aliphatic carbocycles. The fourth-order valence-corrected chi connectivity index (χ4v) is 3.83. The Labute approximate surface area is 173 Å². The highest BCUT2D eigenvalue weighted by atomic mass is 35.5. The lowest BCUT2D eigenvalue weighted by atomic mass is 10.1. The molecule has 0 aliphatic rings. The van der Waals surface area contributed by atoms with E-state index >= 15 is 0 Å². The summed E-state index contributed by atoms with van der Waals surface area (Å²) in [4.78, 5) is 0. The van der Waals surface area contributed by atoms with Crippen molar-refractivity contribution in [2.75, 3.05) is 26.4 Å². The molecule has 0 bridgehead atoms. The number of halogens is 2. The van der Waals surface area contributed by atoms with E-state index in [4.69, 9.17) is 32.7 Å². The normalized spacial score (nSPS) is 13.8. The van der Waals surface area contributed by atoms with Crippen LogP contribution in [0.3, 0.4) is 0 Å². The summed E-state index contributed by atoms with van der Waals surface area (Å²) in [7, 11) is 0. The van der Waals surface area contributed by atoms with Crippen LogP contribution >= 0.6 is 23.2 Å². The van der Waals surface area contributed by atoms with E-state index in [-0.39, 0.29) is 0 Å². The van der Waals surface area contributed by atoms with Crippen LogP contribution in [0.1, 0.15) is 104 Å². The van der Waals surface area contributed by atoms with Crippen molar-refractivity contribution >= 4 is 23.2 Å². The fraction of sp³-hybridized carbons (Fsp3) is 1.00. The fourth-order valence-electron chi connectivity index (χ4n) is 3.08. The molecule has 0 radical (unpaired) electrons. The first-order valence-corrected chi connectivity index (χ1v) is 12.0. The van der Waals surface area contributed by atoms with Gasteiger partial charge >= 0.3 is 0 Å². The Bertz CT molecular complexity index is 239. The lowest BCUT2D eigenvalue weighted by Gasteiger charge is -2.08. The molecule has 0 rings (SSSR count). The van der Waals surface area contributed by atoms with Crippen LogP contribution in [0.15, 0.2) is 0 Å².